The van der Waals surface area contributed by atoms with Crippen molar-refractivity contribution in [3.8, 4) is 12.3 Å². The zero-order chi connectivity index (χ0) is 11.1. The molecule has 86 valence electrons. The van der Waals surface area contributed by atoms with Crippen LogP contribution in [0.5, 0.6) is 0 Å². The molecule has 1 N–H and O–H groups in total. The Bertz CT molecular complexity index is 213. The fraction of sp³-hybridized carbons (Fsp3) is 0.833. The fourth-order valence-electron chi connectivity index (χ4n) is 2.05. The summed E-state index contributed by atoms with van der Waals surface area (Å²) in [5, 5.41) is 10.1. The molecule has 0 spiro atoms. The van der Waals surface area contributed by atoms with Crippen LogP contribution in [0, 0.1) is 12.3 Å². The van der Waals surface area contributed by atoms with E-state index in [4.69, 9.17) is 15.9 Å². The highest BCUT2D eigenvalue weighted by Crippen LogP contribution is 2.30. The molecular formula is C12H20O3. The van der Waals surface area contributed by atoms with Crippen LogP contribution in [0.15, 0.2) is 0 Å². The summed E-state index contributed by atoms with van der Waals surface area (Å²) in [6.07, 6.45) is 8.55. The Morgan fingerprint density at radius 3 is 2.73 bits per heavy atom. The Hall–Kier alpha value is -0.560. The quantitative estimate of drug-likeness (QED) is 0.552. The van der Waals surface area contributed by atoms with E-state index < -0.39 is 11.7 Å². The number of aliphatic hydroxyl groups is 1. The molecule has 3 heteroatoms. The lowest BCUT2D eigenvalue weighted by molar-refractivity contribution is -0.154. The van der Waals surface area contributed by atoms with Crippen molar-refractivity contribution in [3.05, 3.63) is 0 Å². The molecule has 1 heterocycles. The van der Waals surface area contributed by atoms with E-state index in [1.807, 2.05) is 0 Å². The lowest BCUT2D eigenvalue weighted by Gasteiger charge is -2.39. The second-order valence-electron chi connectivity index (χ2n) is 3.99. The highest BCUT2D eigenvalue weighted by molar-refractivity contribution is 4.91. The number of aliphatic hydroxyl groups excluding tert-OH is 1. The molecule has 1 atom stereocenters. The van der Waals surface area contributed by atoms with Gasteiger partial charge in [0.25, 0.3) is 0 Å². The van der Waals surface area contributed by atoms with Crippen LogP contribution in [0.4, 0.5) is 0 Å². The molecule has 15 heavy (non-hydrogen) atoms. The predicted octanol–water partition coefficient (Wildman–Crippen LogP) is 1.35. The Morgan fingerprint density at radius 2 is 2.20 bits per heavy atom. The predicted molar refractivity (Wildman–Crippen MR) is 58.5 cm³/mol. The normalized spacial score (nSPS) is 21.9. The van der Waals surface area contributed by atoms with Crippen LogP contribution in [0.2, 0.25) is 0 Å². The summed E-state index contributed by atoms with van der Waals surface area (Å²) in [7, 11) is 1.66. The number of terminal acetylenes is 1. The van der Waals surface area contributed by atoms with E-state index in [1.165, 1.54) is 0 Å². The van der Waals surface area contributed by atoms with Crippen LogP contribution in [-0.2, 0) is 9.47 Å². The minimum Gasteiger partial charge on any atom is -0.390 e. The SMILES string of the molecule is C#CCCCC(O)C1(OC)CCOCC1. The maximum Gasteiger partial charge on any atom is 0.0980 e. The Labute approximate surface area is 91.8 Å². The van der Waals surface area contributed by atoms with Crippen LogP contribution in [0.3, 0.4) is 0 Å². The van der Waals surface area contributed by atoms with E-state index in [2.05, 4.69) is 5.92 Å². The van der Waals surface area contributed by atoms with Crippen LogP contribution in [0.1, 0.15) is 32.1 Å². The highest BCUT2D eigenvalue weighted by Gasteiger charge is 2.39. The smallest absolute Gasteiger partial charge is 0.0980 e. The number of methoxy groups -OCH3 is 1. The van der Waals surface area contributed by atoms with Gasteiger partial charge in [0.2, 0.25) is 0 Å². The zero-order valence-electron chi connectivity index (χ0n) is 9.37. The molecule has 0 amide bonds. The van der Waals surface area contributed by atoms with Crippen molar-refractivity contribution in [1.82, 2.24) is 0 Å². The minimum atomic E-state index is -0.431. The molecule has 0 aliphatic carbocycles. The first-order valence-corrected chi connectivity index (χ1v) is 5.49. The van der Waals surface area contributed by atoms with Gasteiger partial charge in [-0.1, -0.05) is 0 Å². The first-order valence-electron chi connectivity index (χ1n) is 5.49. The lowest BCUT2D eigenvalue weighted by atomic mass is 9.85. The Kier molecular flexibility index (Phi) is 5.10. The number of rotatable bonds is 5. The Balaban J connectivity index is 2.45. The van der Waals surface area contributed by atoms with E-state index in [0.29, 0.717) is 26.1 Å². The van der Waals surface area contributed by atoms with Gasteiger partial charge in [0, 0.05) is 39.6 Å². The van der Waals surface area contributed by atoms with Crippen LogP contribution in [0.25, 0.3) is 0 Å². The first-order chi connectivity index (χ1) is 7.25. The summed E-state index contributed by atoms with van der Waals surface area (Å²) >= 11 is 0. The molecule has 0 aromatic carbocycles. The lowest BCUT2D eigenvalue weighted by Crippen LogP contribution is -2.48. The third kappa shape index (κ3) is 3.20. The molecule has 0 saturated carbocycles. The summed E-state index contributed by atoms with van der Waals surface area (Å²) in [6.45, 7) is 1.33. The van der Waals surface area contributed by atoms with Gasteiger partial charge >= 0.3 is 0 Å². The molecule has 0 aromatic rings. The van der Waals surface area contributed by atoms with E-state index >= 15 is 0 Å². The van der Waals surface area contributed by atoms with Crippen molar-refractivity contribution >= 4 is 0 Å². The van der Waals surface area contributed by atoms with Gasteiger partial charge in [0.05, 0.1) is 11.7 Å². The summed E-state index contributed by atoms with van der Waals surface area (Å²) in [5.74, 6) is 2.58. The van der Waals surface area contributed by atoms with E-state index in [-0.39, 0.29) is 0 Å². The van der Waals surface area contributed by atoms with Gasteiger partial charge in [0.15, 0.2) is 0 Å². The zero-order valence-corrected chi connectivity index (χ0v) is 9.37. The molecule has 1 aliphatic heterocycles. The number of hydrogen-bond acceptors (Lipinski definition) is 3. The fourth-order valence-corrected chi connectivity index (χ4v) is 2.05. The average molecular weight is 212 g/mol. The van der Waals surface area contributed by atoms with Crippen molar-refractivity contribution in [2.45, 2.75) is 43.8 Å². The van der Waals surface area contributed by atoms with E-state index in [9.17, 15) is 5.11 Å². The Morgan fingerprint density at radius 1 is 1.53 bits per heavy atom. The van der Waals surface area contributed by atoms with Crippen LogP contribution in [-0.4, -0.2) is 37.1 Å². The number of ether oxygens (including phenoxy) is 2. The summed E-state index contributed by atoms with van der Waals surface area (Å²) in [4.78, 5) is 0. The van der Waals surface area contributed by atoms with Gasteiger partial charge in [-0.15, -0.1) is 12.3 Å². The maximum absolute atomic E-state index is 10.1. The second-order valence-corrected chi connectivity index (χ2v) is 3.99. The molecular weight excluding hydrogens is 192 g/mol. The molecule has 1 rings (SSSR count). The topological polar surface area (TPSA) is 38.7 Å². The van der Waals surface area contributed by atoms with Crippen molar-refractivity contribution in [2.75, 3.05) is 20.3 Å². The molecule has 0 bridgehead atoms. The minimum absolute atomic E-state index is 0.410. The van der Waals surface area contributed by atoms with Crippen LogP contribution < -0.4 is 0 Å². The van der Waals surface area contributed by atoms with Crippen LogP contribution >= 0.6 is 0 Å². The largest absolute Gasteiger partial charge is 0.390 e. The second kappa shape index (κ2) is 6.12. The monoisotopic (exact) mass is 212 g/mol. The third-order valence-corrected chi connectivity index (χ3v) is 3.15. The van der Waals surface area contributed by atoms with Gasteiger partial charge in [-0.3, -0.25) is 0 Å². The summed E-state index contributed by atoms with van der Waals surface area (Å²) in [6, 6.07) is 0. The molecule has 1 fully saturated rings. The maximum atomic E-state index is 10.1. The van der Waals surface area contributed by atoms with Crippen molar-refractivity contribution < 1.29 is 14.6 Å². The molecule has 1 unspecified atom stereocenters. The first kappa shape index (κ1) is 12.5. The van der Waals surface area contributed by atoms with Gasteiger partial charge in [0.1, 0.15) is 0 Å². The summed E-state index contributed by atoms with van der Waals surface area (Å²) in [5.41, 5.74) is -0.410. The van der Waals surface area contributed by atoms with Crippen molar-refractivity contribution in [1.29, 1.82) is 0 Å². The van der Waals surface area contributed by atoms with Gasteiger partial charge in [-0.05, 0) is 12.8 Å². The number of hydrogen-bond donors (Lipinski definition) is 1. The molecule has 3 nitrogen and oxygen atoms in total. The molecule has 0 aromatic heterocycles. The average Bonchev–Trinajstić information content (AvgIpc) is 2.30. The third-order valence-electron chi connectivity index (χ3n) is 3.15. The highest BCUT2D eigenvalue weighted by atomic mass is 16.5. The van der Waals surface area contributed by atoms with Gasteiger partial charge < -0.3 is 14.6 Å². The molecule has 1 aliphatic rings. The van der Waals surface area contributed by atoms with E-state index in [1.54, 1.807) is 7.11 Å². The van der Waals surface area contributed by atoms with E-state index in [0.717, 1.165) is 19.3 Å². The number of unbranched alkanes of at least 4 members (excludes halogenated alkanes) is 1. The van der Waals surface area contributed by atoms with Crippen molar-refractivity contribution in [3.63, 3.8) is 0 Å². The van der Waals surface area contributed by atoms with Gasteiger partial charge in [-0.25, -0.2) is 0 Å². The molecule has 0 radical (unpaired) electrons. The van der Waals surface area contributed by atoms with Gasteiger partial charge in [-0.2, -0.15) is 0 Å². The summed E-state index contributed by atoms with van der Waals surface area (Å²) < 4.78 is 10.8. The van der Waals surface area contributed by atoms with Crippen molar-refractivity contribution in [2.24, 2.45) is 0 Å². The standard InChI is InChI=1S/C12H20O3/c1-3-4-5-6-11(13)12(14-2)7-9-15-10-8-12/h1,11,13H,4-10H2,2H3. The molecule has 1 saturated heterocycles.